The number of hydrogen-bond acceptors (Lipinski definition) is 2. The van der Waals surface area contributed by atoms with Gasteiger partial charge in [-0.25, -0.2) is 0 Å². The van der Waals surface area contributed by atoms with Crippen LogP contribution in [0.5, 0.6) is 0 Å². The molecule has 2 rings (SSSR count). The van der Waals surface area contributed by atoms with Gasteiger partial charge in [0.15, 0.2) is 0 Å². The number of carbonyl (C=O) groups is 1. The number of nitrogens with zero attached hydrogens (tertiary/aromatic N) is 1. The molecule has 1 aliphatic rings. The predicted molar refractivity (Wildman–Crippen MR) is 78.0 cm³/mol. The molecule has 3 heteroatoms. The van der Waals surface area contributed by atoms with Gasteiger partial charge in [0.1, 0.15) is 0 Å². The summed E-state index contributed by atoms with van der Waals surface area (Å²) in [6.07, 6.45) is 4.18. The molecular weight excluding hydrogens is 236 g/mol. The molecule has 1 unspecified atom stereocenters. The average molecular weight is 260 g/mol. The quantitative estimate of drug-likeness (QED) is 0.900. The Labute approximate surface area is 116 Å². The van der Waals surface area contributed by atoms with E-state index in [2.05, 4.69) is 17.4 Å². The molecule has 1 fully saturated rings. The third-order valence-corrected chi connectivity index (χ3v) is 4.02. The van der Waals surface area contributed by atoms with Crippen molar-refractivity contribution in [2.24, 2.45) is 0 Å². The van der Waals surface area contributed by atoms with E-state index in [1.807, 2.05) is 37.1 Å². The zero-order valence-electron chi connectivity index (χ0n) is 12.0. The Morgan fingerprint density at radius 3 is 2.68 bits per heavy atom. The summed E-state index contributed by atoms with van der Waals surface area (Å²) in [7, 11) is 1.91. The molecule has 104 valence electrons. The molecule has 1 heterocycles. The van der Waals surface area contributed by atoms with Crippen LogP contribution in [0.3, 0.4) is 0 Å². The third kappa shape index (κ3) is 3.57. The van der Waals surface area contributed by atoms with Crippen LogP contribution in [0.2, 0.25) is 0 Å². The van der Waals surface area contributed by atoms with Crippen molar-refractivity contribution >= 4 is 5.91 Å². The Kier molecular flexibility index (Phi) is 4.59. The fourth-order valence-corrected chi connectivity index (χ4v) is 2.70. The summed E-state index contributed by atoms with van der Waals surface area (Å²) in [5.74, 6) is 0.225. The topological polar surface area (TPSA) is 32.3 Å². The average Bonchev–Trinajstić information content (AvgIpc) is 2.46. The summed E-state index contributed by atoms with van der Waals surface area (Å²) < 4.78 is 0. The lowest BCUT2D eigenvalue weighted by atomic mass is 9.89. The van der Waals surface area contributed by atoms with Gasteiger partial charge in [-0.3, -0.25) is 4.79 Å². The smallest absolute Gasteiger partial charge is 0.242 e. The second-order valence-corrected chi connectivity index (χ2v) is 5.68. The summed E-state index contributed by atoms with van der Waals surface area (Å²) in [5.41, 5.74) is 0.924. The van der Waals surface area contributed by atoms with E-state index < -0.39 is 0 Å². The van der Waals surface area contributed by atoms with Gasteiger partial charge in [0.25, 0.3) is 0 Å². The largest absolute Gasteiger partial charge is 0.344 e. The predicted octanol–water partition coefficient (Wildman–Crippen LogP) is 2.22. The van der Waals surface area contributed by atoms with Gasteiger partial charge in [-0.1, -0.05) is 30.3 Å². The zero-order valence-corrected chi connectivity index (χ0v) is 12.0. The molecule has 0 aromatic heterocycles. The number of carbonyl (C=O) groups excluding carboxylic acids is 1. The summed E-state index contributed by atoms with van der Waals surface area (Å²) in [5, 5.41) is 3.38. The number of rotatable bonds is 4. The molecule has 3 nitrogen and oxygen atoms in total. The van der Waals surface area contributed by atoms with Gasteiger partial charge in [0, 0.05) is 13.6 Å². The first kappa shape index (κ1) is 14.1. The monoisotopic (exact) mass is 260 g/mol. The maximum Gasteiger partial charge on any atom is 0.242 e. The standard InChI is InChI=1S/C16H24N2O/c1-16(11-6-7-12-17-16)15(19)18(2)13-10-14-8-4-3-5-9-14/h3-5,8-9,17H,6-7,10-13H2,1-2H3. The van der Waals surface area contributed by atoms with Gasteiger partial charge >= 0.3 is 0 Å². The lowest BCUT2D eigenvalue weighted by molar-refractivity contribution is -0.137. The summed E-state index contributed by atoms with van der Waals surface area (Å²) >= 11 is 0. The van der Waals surface area contributed by atoms with Crippen LogP contribution in [-0.4, -0.2) is 36.5 Å². The minimum atomic E-state index is -0.357. The van der Waals surface area contributed by atoms with E-state index in [0.29, 0.717) is 0 Å². The number of piperidine rings is 1. The molecule has 0 bridgehead atoms. The maximum atomic E-state index is 12.5. The number of amides is 1. The molecule has 0 spiro atoms. The van der Waals surface area contributed by atoms with Crippen LogP contribution in [0.1, 0.15) is 31.7 Å². The second-order valence-electron chi connectivity index (χ2n) is 5.68. The number of nitrogens with one attached hydrogen (secondary N) is 1. The fourth-order valence-electron chi connectivity index (χ4n) is 2.70. The molecule has 0 aliphatic carbocycles. The van der Waals surface area contributed by atoms with E-state index in [9.17, 15) is 4.79 Å². The van der Waals surface area contributed by atoms with E-state index in [-0.39, 0.29) is 11.4 Å². The number of likely N-dealkylation sites (N-methyl/N-ethyl adjacent to an activating group) is 1. The first-order valence-corrected chi connectivity index (χ1v) is 7.16. The van der Waals surface area contributed by atoms with Crippen molar-refractivity contribution in [3.8, 4) is 0 Å². The third-order valence-electron chi connectivity index (χ3n) is 4.02. The number of hydrogen-bond donors (Lipinski definition) is 1. The lowest BCUT2D eigenvalue weighted by Crippen LogP contribution is -2.57. The SMILES string of the molecule is CN(CCc1ccccc1)C(=O)C1(C)CCCCN1. The van der Waals surface area contributed by atoms with Gasteiger partial charge < -0.3 is 10.2 Å². The summed E-state index contributed by atoms with van der Waals surface area (Å²) in [6.45, 7) is 3.77. The van der Waals surface area contributed by atoms with Crippen molar-refractivity contribution in [3.05, 3.63) is 35.9 Å². The lowest BCUT2D eigenvalue weighted by Gasteiger charge is -2.36. The van der Waals surface area contributed by atoms with Crippen molar-refractivity contribution in [1.82, 2.24) is 10.2 Å². The van der Waals surface area contributed by atoms with Crippen LogP contribution in [0.25, 0.3) is 0 Å². The first-order chi connectivity index (χ1) is 9.12. The minimum Gasteiger partial charge on any atom is -0.344 e. The van der Waals surface area contributed by atoms with Crippen LogP contribution >= 0.6 is 0 Å². The molecule has 1 aliphatic heterocycles. The molecule has 1 aromatic rings. The normalized spacial score (nSPS) is 23.1. The Hall–Kier alpha value is -1.35. The van der Waals surface area contributed by atoms with E-state index in [1.54, 1.807) is 0 Å². The van der Waals surface area contributed by atoms with Crippen molar-refractivity contribution < 1.29 is 4.79 Å². The van der Waals surface area contributed by atoms with Crippen LogP contribution in [0.15, 0.2) is 30.3 Å². The Balaban J connectivity index is 1.88. The molecule has 0 saturated carbocycles. The Bertz CT molecular complexity index is 410. The molecule has 1 aromatic carbocycles. The molecule has 19 heavy (non-hydrogen) atoms. The van der Waals surface area contributed by atoms with Crippen LogP contribution in [-0.2, 0) is 11.2 Å². The highest BCUT2D eigenvalue weighted by atomic mass is 16.2. The van der Waals surface area contributed by atoms with Gasteiger partial charge in [-0.15, -0.1) is 0 Å². The molecule has 1 N–H and O–H groups in total. The van der Waals surface area contributed by atoms with Gasteiger partial charge in [-0.05, 0) is 44.7 Å². The van der Waals surface area contributed by atoms with E-state index >= 15 is 0 Å². The van der Waals surface area contributed by atoms with Crippen LogP contribution in [0.4, 0.5) is 0 Å². The second kappa shape index (κ2) is 6.20. The van der Waals surface area contributed by atoms with E-state index in [0.717, 1.165) is 32.4 Å². The highest BCUT2D eigenvalue weighted by molar-refractivity contribution is 5.85. The molecule has 1 amide bonds. The van der Waals surface area contributed by atoms with Crippen molar-refractivity contribution in [3.63, 3.8) is 0 Å². The van der Waals surface area contributed by atoms with Gasteiger partial charge in [0.2, 0.25) is 5.91 Å². The van der Waals surface area contributed by atoms with Crippen molar-refractivity contribution in [2.45, 2.75) is 38.1 Å². The van der Waals surface area contributed by atoms with Gasteiger partial charge in [0.05, 0.1) is 5.54 Å². The van der Waals surface area contributed by atoms with Crippen LogP contribution in [0, 0.1) is 0 Å². The summed E-state index contributed by atoms with van der Waals surface area (Å²) in [6, 6.07) is 10.3. The van der Waals surface area contributed by atoms with Crippen LogP contribution < -0.4 is 5.32 Å². The fraction of sp³-hybridized carbons (Fsp3) is 0.562. The zero-order chi connectivity index (χ0) is 13.7. The highest BCUT2D eigenvalue weighted by Gasteiger charge is 2.36. The molecule has 1 atom stereocenters. The molecule has 1 saturated heterocycles. The Morgan fingerprint density at radius 1 is 1.32 bits per heavy atom. The first-order valence-electron chi connectivity index (χ1n) is 7.16. The summed E-state index contributed by atoms with van der Waals surface area (Å²) in [4.78, 5) is 14.4. The minimum absolute atomic E-state index is 0.225. The number of benzene rings is 1. The van der Waals surface area contributed by atoms with Gasteiger partial charge in [-0.2, -0.15) is 0 Å². The van der Waals surface area contributed by atoms with E-state index in [1.165, 1.54) is 12.0 Å². The molecular formula is C16H24N2O. The highest BCUT2D eigenvalue weighted by Crippen LogP contribution is 2.20. The Morgan fingerprint density at radius 2 is 2.05 bits per heavy atom. The van der Waals surface area contributed by atoms with Crippen molar-refractivity contribution in [2.75, 3.05) is 20.1 Å². The van der Waals surface area contributed by atoms with Crippen molar-refractivity contribution in [1.29, 1.82) is 0 Å². The molecule has 0 radical (unpaired) electrons. The maximum absolute atomic E-state index is 12.5. The van der Waals surface area contributed by atoms with E-state index in [4.69, 9.17) is 0 Å².